The van der Waals surface area contributed by atoms with Crippen LogP contribution in [0.5, 0.6) is 0 Å². The van der Waals surface area contributed by atoms with E-state index in [0.717, 1.165) is 5.56 Å². The van der Waals surface area contributed by atoms with Crippen molar-refractivity contribution in [3.63, 3.8) is 0 Å². The van der Waals surface area contributed by atoms with E-state index in [2.05, 4.69) is 15.5 Å². The highest BCUT2D eigenvalue weighted by atomic mass is 16.6. The molecule has 0 fully saturated rings. The summed E-state index contributed by atoms with van der Waals surface area (Å²) in [5, 5.41) is 17.7. The van der Waals surface area contributed by atoms with Gasteiger partial charge in [0.1, 0.15) is 5.76 Å². The zero-order valence-corrected chi connectivity index (χ0v) is 14.8. The van der Waals surface area contributed by atoms with E-state index in [-0.39, 0.29) is 29.8 Å². The van der Waals surface area contributed by atoms with Crippen LogP contribution in [0.15, 0.2) is 45.5 Å². The number of furan rings is 1. The van der Waals surface area contributed by atoms with Crippen molar-refractivity contribution >= 4 is 11.6 Å². The van der Waals surface area contributed by atoms with Gasteiger partial charge in [-0.15, -0.1) is 0 Å². The Morgan fingerprint density at radius 1 is 1.37 bits per heavy atom. The van der Waals surface area contributed by atoms with Crippen molar-refractivity contribution in [3.05, 3.63) is 63.9 Å². The molecule has 140 valence electrons. The van der Waals surface area contributed by atoms with E-state index >= 15 is 0 Å². The summed E-state index contributed by atoms with van der Waals surface area (Å²) in [6.45, 7) is 3.98. The van der Waals surface area contributed by atoms with Gasteiger partial charge in [-0.25, -0.2) is 0 Å². The van der Waals surface area contributed by atoms with Crippen LogP contribution in [0.25, 0.3) is 11.5 Å². The number of hydrogen-bond donors (Lipinski definition) is 1. The van der Waals surface area contributed by atoms with Crippen molar-refractivity contribution in [2.45, 2.75) is 26.2 Å². The number of non-ortho nitro benzene ring substituents is 1. The normalized spacial score (nSPS) is 11.9. The summed E-state index contributed by atoms with van der Waals surface area (Å²) in [4.78, 5) is 26.7. The lowest BCUT2D eigenvalue weighted by molar-refractivity contribution is -0.384. The molecule has 0 saturated carbocycles. The Morgan fingerprint density at radius 2 is 2.19 bits per heavy atom. The van der Waals surface area contributed by atoms with Crippen molar-refractivity contribution in [1.29, 1.82) is 0 Å². The molecule has 1 aromatic carbocycles. The van der Waals surface area contributed by atoms with Gasteiger partial charge in [0.25, 0.3) is 11.6 Å². The van der Waals surface area contributed by atoms with E-state index < -0.39 is 4.92 Å². The van der Waals surface area contributed by atoms with Crippen LogP contribution in [-0.4, -0.2) is 27.5 Å². The van der Waals surface area contributed by atoms with Gasteiger partial charge in [0.2, 0.25) is 5.91 Å². The van der Waals surface area contributed by atoms with Gasteiger partial charge in [-0.1, -0.05) is 18.1 Å². The number of nitro benzene ring substituents is 1. The number of hydrogen-bond acceptors (Lipinski definition) is 7. The molecule has 0 bridgehead atoms. The monoisotopic (exact) mass is 370 g/mol. The third kappa shape index (κ3) is 4.38. The number of aromatic nitrogens is 2. The first kappa shape index (κ1) is 18.3. The number of nitro groups is 1. The third-order valence-corrected chi connectivity index (χ3v) is 4.07. The molecule has 9 heteroatoms. The maximum absolute atomic E-state index is 11.9. The summed E-state index contributed by atoms with van der Waals surface area (Å²) in [7, 11) is 0. The Bertz CT molecular complexity index is 949. The van der Waals surface area contributed by atoms with Gasteiger partial charge in [-0.05, 0) is 24.6 Å². The first-order chi connectivity index (χ1) is 12.9. The van der Waals surface area contributed by atoms with E-state index in [4.69, 9.17) is 8.94 Å². The molecule has 0 aliphatic rings. The van der Waals surface area contributed by atoms with Gasteiger partial charge >= 0.3 is 0 Å². The number of amides is 1. The number of nitrogens with one attached hydrogen (secondary N) is 1. The van der Waals surface area contributed by atoms with Crippen LogP contribution < -0.4 is 5.32 Å². The minimum absolute atomic E-state index is 0.0476. The quantitative estimate of drug-likeness (QED) is 0.500. The maximum atomic E-state index is 11.9. The summed E-state index contributed by atoms with van der Waals surface area (Å²) in [5.41, 5.74) is 1.25. The smallest absolute Gasteiger partial charge is 0.270 e. The highest BCUT2D eigenvalue weighted by Crippen LogP contribution is 2.27. The standard InChI is InChI=1S/C18H18N4O5/c1-11-5-6-13(22(24)25)8-15(11)18-20-17(21-27-18)12(2)10-19-16(23)9-14-4-3-7-26-14/h3-8,12H,9-10H2,1-2H3,(H,19,23). The van der Waals surface area contributed by atoms with Gasteiger partial charge in [0, 0.05) is 30.2 Å². The number of carbonyl (C=O) groups excluding carboxylic acids is 1. The van der Waals surface area contributed by atoms with Crippen LogP contribution in [0.3, 0.4) is 0 Å². The van der Waals surface area contributed by atoms with E-state index in [9.17, 15) is 14.9 Å². The lowest BCUT2D eigenvalue weighted by atomic mass is 10.1. The molecule has 3 rings (SSSR count). The molecule has 3 aromatic rings. The molecule has 0 aliphatic carbocycles. The second-order valence-electron chi connectivity index (χ2n) is 6.18. The second-order valence-corrected chi connectivity index (χ2v) is 6.18. The zero-order chi connectivity index (χ0) is 19.4. The summed E-state index contributed by atoms with van der Waals surface area (Å²) < 4.78 is 10.4. The molecule has 9 nitrogen and oxygen atoms in total. The topological polar surface area (TPSA) is 124 Å². The maximum Gasteiger partial charge on any atom is 0.270 e. The predicted octanol–water partition coefficient (Wildman–Crippen LogP) is 3.01. The Labute approximate surface area is 154 Å². The summed E-state index contributed by atoms with van der Waals surface area (Å²) in [6.07, 6.45) is 1.67. The molecule has 0 radical (unpaired) electrons. The number of nitrogens with zero attached hydrogens (tertiary/aromatic N) is 3. The molecular formula is C18H18N4O5. The Morgan fingerprint density at radius 3 is 2.89 bits per heavy atom. The summed E-state index contributed by atoms with van der Waals surface area (Å²) >= 11 is 0. The van der Waals surface area contributed by atoms with Crippen LogP contribution in [0.1, 0.15) is 30.0 Å². The largest absolute Gasteiger partial charge is 0.469 e. The van der Waals surface area contributed by atoms with E-state index in [1.807, 2.05) is 6.92 Å². The lowest BCUT2D eigenvalue weighted by Gasteiger charge is -2.08. The summed E-state index contributed by atoms with van der Waals surface area (Å²) in [6, 6.07) is 7.92. The second kappa shape index (κ2) is 7.81. The first-order valence-electron chi connectivity index (χ1n) is 8.32. The van der Waals surface area contributed by atoms with Gasteiger partial charge in [-0.2, -0.15) is 4.98 Å². The van der Waals surface area contributed by atoms with Crippen molar-refractivity contribution in [1.82, 2.24) is 15.5 Å². The van der Waals surface area contributed by atoms with E-state index in [1.54, 1.807) is 25.1 Å². The average Bonchev–Trinajstić information content (AvgIpc) is 3.31. The molecule has 0 saturated heterocycles. The Kier molecular flexibility index (Phi) is 5.30. The molecule has 0 spiro atoms. The first-order valence-corrected chi connectivity index (χ1v) is 8.32. The molecule has 1 atom stereocenters. The minimum Gasteiger partial charge on any atom is -0.469 e. The van der Waals surface area contributed by atoms with Crippen LogP contribution in [0, 0.1) is 17.0 Å². The fourth-order valence-corrected chi connectivity index (χ4v) is 2.49. The number of benzene rings is 1. The molecule has 2 aromatic heterocycles. The van der Waals surface area contributed by atoms with Crippen LogP contribution in [0.2, 0.25) is 0 Å². The van der Waals surface area contributed by atoms with E-state index in [1.165, 1.54) is 18.4 Å². The van der Waals surface area contributed by atoms with Crippen molar-refractivity contribution in [2.75, 3.05) is 6.54 Å². The summed E-state index contributed by atoms with van der Waals surface area (Å²) in [5.74, 6) is 0.842. The van der Waals surface area contributed by atoms with Crippen molar-refractivity contribution < 1.29 is 18.7 Å². The molecular weight excluding hydrogens is 352 g/mol. The van der Waals surface area contributed by atoms with Crippen molar-refractivity contribution in [3.8, 4) is 11.5 Å². The number of carbonyl (C=O) groups is 1. The van der Waals surface area contributed by atoms with Gasteiger partial charge < -0.3 is 14.3 Å². The fourth-order valence-electron chi connectivity index (χ4n) is 2.49. The van der Waals surface area contributed by atoms with Crippen LogP contribution >= 0.6 is 0 Å². The zero-order valence-electron chi connectivity index (χ0n) is 14.8. The number of rotatable bonds is 7. The van der Waals surface area contributed by atoms with Gasteiger partial charge in [0.05, 0.1) is 17.6 Å². The van der Waals surface area contributed by atoms with Gasteiger partial charge in [-0.3, -0.25) is 14.9 Å². The SMILES string of the molecule is Cc1ccc([N+](=O)[O-])cc1-c1nc(C(C)CNC(=O)Cc2ccco2)no1. The van der Waals surface area contributed by atoms with Crippen LogP contribution in [-0.2, 0) is 11.2 Å². The highest BCUT2D eigenvalue weighted by Gasteiger charge is 2.19. The van der Waals surface area contributed by atoms with E-state index in [0.29, 0.717) is 23.7 Å². The predicted molar refractivity (Wildman–Crippen MR) is 95.0 cm³/mol. The average molecular weight is 370 g/mol. The Hall–Kier alpha value is -3.49. The lowest BCUT2D eigenvalue weighted by Crippen LogP contribution is -2.29. The third-order valence-electron chi connectivity index (χ3n) is 4.07. The van der Waals surface area contributed by atoms with Gasteiger partial charge in [0.15, 0.2) is 5.82 Å². The van der Waals surface area contributed by atoms with Crippen molar-refractivity contribution in [2.24, 2.45) is 0 Å². The molecule has 1 unspecified atom stereocenters. The fraction of sp³-hybridized carbons (Fsp3) is 0.278. The molecule has 1 N–H and O–H groups in total. The highest BCUT2D eigenvalue weighted by molar-refractivity contribution is 5.77. The molecule has 0 aliphatic heterocycles. The van der Waals surface area contributed by atoms with Crippen LogP contribution in [0.4, 0.5) is 5.69 Å². The molecule has 27 heavy (non-hydrogen) atoms. The Balaban J connectivity index is 1.65. The minimum atomic E-state index is -0.475. The molecule has 2 heterocycles. The number of aryl methyl sites for hydroxylation is 1. The molecule has 1 amide bonds.